The van der Waals surface area contributed by atoms with Crippen LogP contribution >= 0.6 is 11.6 Å². The summed E-state index contributed by atoms with van der Waals surface area (Å²) < 4.78 is 6.08. The molecule has 1 aromatic heterocycles. The number of hydrogen-bond donors (Lipinski definition) is 2. The van der Waals surface area contributed by atoms with Gasteiger partial charge in [-0.25, -0.2) is 4.99 Å². The number of benzene rings is 2. The van der Waals surface area contributed by atoms with Gasteiger partial charge in [0.05, 0.1) is 17.6 Å². The van der Waals surface area contributed by atoms with E-state index in [9.17, 15) is 0 Å². The van der Waals surface area contributed by atoms with Gasteiger partial charge in [-0.15, -0.1) is 0 Å². The van der Waals surface area contributed by atoms with E-state index in [1.54, 1.807) is 6.34 Å². The van der Waals surface area contributed by atoms with Crippen LogP contribution in [0.1, 0.15) is 40.3 Å². The van der Waals surface area contributed by atoms with E-state index in [0.717, 1.165) is 34.2 Å². The molecule has 0 saturated heterocycles. The topological polar surface area (TPSA) is 52.6 Å². The van der Waals surface area contributed by atoms with Gasteiger partial charge in [0, 0.05) is 39.5 Å². The Bertz CT molecular complexity index is 1320. The molecule has 0 spiro atoms. The zero-order valence-corrected chi connectivity index (χ0v) is 18.0. The van der Waals surface area contributed by atoms with Crippen molar-refractivity contribution in [3.63, 3.8) is 0 Å². The van der Waals surface area contributed by atoms with Gasteiger partial charge in [-0.05, 0) is 36.3 Å². The number of hydrazine groups is 1. The smallest absolute Gasteiger partial charge is 0.120 e. The van der Waals surface area contributed by atoms with Gasteiger partial charge in [0.25, 0.3) is 0 Å². The largest absolute Gasteiger partial charge is 0.489 e. The number of aliphatic imine (C=N–C) groups is 1. The SMILES string of the molecule is Clc1ccccc1COc1cccc(C2CC=C3c4c(c[nH]c42)C=CC2=CN=CNN23)c1. The molecular formula is C26H21ClN4O. The van der Waals surface area contributed by atoms with Gasteiger partial charge >= 0.3 is 0 Å². The average Bonchev–Trinajstić information content (AvgIpc) is 3.19. The third kappa shape index (κ3) is 3.22. The molecule has 5 nitrogen and oxygen atoms in total. The second kappa shape index (κ2) is 7.77. The summed E-state index contributed by atoms with van der Waals surface area (Å²) in [7, 11) is 0. The second-order valence-corrected chi connectivity index (χ2v) is 8.40. The number of rotatable bonds is 4. The van der Waals surface area contributed by atoms with Crippen LogP contribution in [0, 0.1) is 0 Å². The average molecular weight is 441 g/mol. The molecule has 32 heavy (non-hydrogen) atoms. The summed E-state index contributed by atoms with van der Waals surface area (Å²) >= 11 is 6.28. The molecule has 3 aliphatic rings. The molecular weight excluding hydrogens is 420 g/mol. The van der Waals surface area contributed by atoms with Gasteiger partial charge in [0.2, 0.25) is 0 Å². The monoisotopic (exact) mass is 440 g/mol. The van der Waals surface area contributed by atoms with E-state index in [1.165, 1.54) is 22.4 Å². The molecule has 2 N–H and O–H groups in total. The van der Waals surface area contributed by atoms with E-state index in [0.29, 0.717) is 6.61 Å². The number of fused-ring (bicyclic) bond motifs is 2. The van der Waals surface area contributed by atoms with E-state index >= 15 is 0 Å². The van der Waals surface area contributed by atoms with Crippen LogP contribution in [0.4, 0.5) is 0 Å². The van der Waals surface area contributed by atoms with Gasteiger partial charge in [0.1, 0.15) is 18.7 Å². The van der Waals surface area contributed by atoms with Crippen LogP contribution in [0.25, 0.3) is 11.8 Å². The first-order chi connectivity index (χ1) is 15.8. The number of nitrogens with zero attached hydrogens (tertiary/aromatic N) is 2. The zero-order chi connectivity index (χ0) is 21.5. The number of allylic oxidation sites excluding steroid dienone is 2. The molecule has 3 aromatic rings. The fraction of sp³-hybridized carbons (Fsp3) is 0.115. The summed E-state index contributed by atoms with van der Waals surface area (Å²) in [5.74, 6) is 1.07. The van der Waals surface area contributed by atoms with Crippen LogP contribution in [0.2, 0.25) is 5.02 Å². The van der Waals surface area contributed by atoms with E-state index < -0.39 is 0 Å². The van der Waals surface area contributed by atoms with Crippen molar-refractivity contribution in [1.82, 2.24) is 15.4 Å². The second-order valence-electron chi connectivity index (χ2n) is 7.99. The Hall–Kier alpha value is -3.70. The fourth-order valence-corrected chi connectivity index (χ4v) is 4.73. The van der Waals surface area contributed by atoms with Gasteiger partial charge < -0.3 is 9.72 Å². The van der Waals surface area contributed by atoms with Crippen LogP contribution in [0.3, 0.4) is 0 Å². The highest BCUT2D eigenvalue weighted by Gasteiger charge is 2.32. The first-order valence-corrected chi connectivity index (χ1v) is 11.0. The van der Waals surface area contributed by atoms with Gasteiger partial charge in [0.15, 0.2) is 0 Å². The first-order valence-electron chi connectivity index (χ1n) is 10.6. The van der Waals surface area contributed by atoms with Crippen LogP contribution in [0.5, 0.6) is 5.75 Å². The van der Waals surface area contributed by atoms with Crippen molar-refractivity contribution in [3.8, 4) is 5.75 Å². The maximum Gasteiger partial charge on any atom is 0.120 e. The van der Waals surface area contributed by atoms with Gasteiger partial charge in [-0.2, -0.15) is 0 Å². The third-order valence-electron chi connectivity index (χ3n) is 6.11. The van der Waals surface area contributed by atoms with E-state index in [1.807, 2.05) is 36.5 Å². The fourth-order valence-electron chi connectivity index (χ4n) is 4.54. The molecule has 6 rings (SSSR count). The van der Waals surface area contributed by atoms with Crippen molar-refractivity contribution < 1.29 is 4.74 Å². The van der Waals surface area contributed by atoms with E-state index in [-0.39, 0.29) is 5.92 Å². The lowest BCUT2D eigenvalue weighted by Crippen LogP contribution is -2.36. The quantitative estimate of drug-likeness (QED) is 0.535. The van der Waals surface area contributed by atoms with Crippen molar-refractivity contribution >= 4 is 29.7 Å². The van der Waals surface area contributed by atoms with E-state index in [4.69, 9.17) is 16.3 Å². The Morgan fingerprint density at radius 1 is 1.12 bits per heavy atom. The minimum Gasteiger partial charge on any atom is -0.489 e. The maximum atomic E-state index is 6.28. The Labute approximate surface area is 191 Å². The van der Waals surface area contributed by atoms with Crippen molar-refractivity contribution in [3.05, 3.63) is 112 Å². The maximum absolute atomic E-state index is 6.28. The molecule has 0 radical (unpaired) electrons. The zero-order valence-electron chi connectivity index (χ0n) is 17.3. The molecule has 2 aromatic carbocycles. The Balaban J connectivity index is 1.30. The molecule has 158 valence electrons. The summed E-state index contributed by atoms with van der Waals surface area (Å²) in [5, 5.41) is 2.81. The Kier molecular flexibility index (Phi) is 4.62. The summed E-state index contributed by atoms with van der Waals surface area (Å²) in [6, 6.07) is 16.1. The molecule has 6 heteroatoms. The molecule has 1 aliphatic carbocycles. The number of halogens is 1. The molecule has 2 aliphatic heterocycles. The van der Waals surface area contributed by atoms with Gasteiger partial charge in [-0.3, -0.25) is 10.4 Å². The number of ether oxygens (including phenoxy) is 1. The highest BCUT2D eigenvalue weighted by molar-refractivity contribution is 6.31. The van der Waals surface area contributed by atoms with Crippen molar-refractivity contribution in [2.45, 2.75) is 18.9 Å². The van der Waals surface area contributed by atoms with Crippen molar-refractivity contribution in [2.75, 3.05) is 0 Å². The van der Waals surface area contributed by atoms with Crippen LogP contribution in [-0.4, -0.2) is 16.3 Å². The first kappa shape index (κ1) is 19.0. The number of nitrogens with one attached hydrogen (secondary N) is 2. The van der Waals surface area contributed by atoms with Crippen LogP contribution < -0.4 is 10.2 Å². The highest BCUT2D eigenvalue weighted by Crippen LogP contribution is 2.44. The minimum atomic E-state index is 0.226. The summed E-state index contributed by atoms with van der Waals surface area (Å²) in [6.45, 7) is 0.442. The predicted molar refractivity (Wildman–Crippen MR) is 128 cm³/mol. The normalized spacial score (nSPS) is 18.2. The lowest BCUT2D eigenvalue weighted by Gasteiger charge is -2.32. The molecule has 1 unspecified atom stereocenters. The van der Waals surface area contributed by atoms with Crippen molar-refractivity contribution in [2.24, 2.45) is 4.99 Å². The number of hydrogen-bond acceptors (Lipinski definition) is 4. The summed E-state index contributed by atoms with van der Waals surface area (Å²) in [4.78, 5) is 7.77. The van der Waals surface area contributed by atoms with E-state index in [2.05, 4.69) is 63.0 Å². The number of aromatic amines is 1. The molecule has 1 atom stereocenters. The molecule has 0 saturated carbocycles. The van der Waals surface area contributed by atoms with Gasteiger partial charge in [-0.1, -0.05) is 54.1 Å². The Morgan fingerprint density at radius 3 is 3.00 bits per heavy atom. The van der Waals surface area contributed by atoms with Crippen molar-refractivity contribution in [1.29, 1.82) is 0 Å². The predicted octanol–water partition coefficient (Wildman–Crippen LogP) is 5.84. The molecule has 0 fully saturated rings. The van der Waals surface area contributed by atoms with Crippen LogP contribution in [0.15, 0.2) is 83.8 Å². The molecule has 3 heterocycles. The highest BCUT2D eigenvalue weighted by atomic mass is 35.5. The molecule has 0 amide bonds. The summed E-state index contributed by atoms with van der Waals surface area (Å²) in [6.07, 6.45) is 13.1. The minimum absolute atomic E-state index is 0.226. The summed E-state index contributed by atoms with van der Waals surface area (Å²) in [5.41, 5.74) is 11.3. The van der Waals surface area contributed by atoms with Crippen LogP contribution in [-0.2, 0) is 6.61 Å². The Morgan fingerprint density at radius 2 is 2.06 bits per heavy atom. The lowest BCUT2D eigenvalue weighted by molar-refractivity contribution is 0.306. The molecule has 0 bridgehead atoms. The number of aromatic nitrogens is 1. The standard InChI is InChI=1S/C26H21ClN4O/c27-23-7-2-1-4-19(23)15-32-21-6-3-5-17(12-21)22-10-11-24-25-18(13-29-26(22)25)8-9-20-14-28-16-30-31(20)24/h1-9,11-14,16,22,29H,10,15H2,(H,28,30). The lowest BCUT2D eigenvalue weighted by atomic mass is 9.84. The third-order valence-corrected chi connectivity index (χ3v) is 6.47. The number of H-pyrrole nitrogens is 1.